The highest BCUT2D eigenvalue weighted by Gasteiger charge is 2.32. The Bertz CT molecular complexity index is 1680. The van der Waals surface area contributed by atoms with Crippen molar-refractivity contribution in [2.75, 3.05) is 0 Å². The van der Waals surface area contributed by atoms with Gasteiger partial charge in [0.05, 0.1) is 0 Å². The molecule has 2 N–H and O–H groups in total. The number of rotatable bonds is 1. The second-order valence-electron chi connectivity index (χ2n) is 8.91. The van der Waals surface area contributed by atoms with E-state index in [0.29, 0.717) is 0 Å². The number of hydrogen-bond acceptors (Lipinski definition) is 3. The van der Waals surface area contributed by atoms with Crippen LogP contribution in [-0.2, 0) is 0 Å². The predicted molar refractivity (Wildman–Crippen MR) is 159 cm³/mol. The third kappa shape index (κ3) is 4.20. The molecule has 6 aromatic carbocycles. The van der Waals surface area contributed by atoms with Crippen molar-refractivity contribution in [2.24, 2.45) is 0 Å². The van der Waals surface area contributed by atoms with Crippen LogP contribution < -0.4 is 4.74 Å². The second kappa shape index (κ2) is 10.5. The zero-order valence-corrected chi connectivity index (χ0v) is 22.2. The molecule has 0 atom stereocenters. The van der Waals surface area contributed by atoms with Crippen LogP contribution in [0.25, 0.3) is 32.3 Å². The van der Waals surface area contributed by atoms with Gasteiger partial charge in [0.1, 0.15) is 23.0 Å². The van der Waals surface area contributed by atoms with Gasteiger partial charge in [-0.2, -0.15) is 0 Å². The van der Waals surface area contributed by atoms with Gasteiger partial charge in [-0.05, 0) is 74.3 Å². The molecule has 1 aliphatic heterocycles. The third-order valence-corrected chi connectivity index (χ3v) is 6.91. The number of aromatic hydroxyl groups is 2. The lowest BCUT2D eigenvalue weighted by atomic mass is 9.78. The summed E-state index contributed by atoms with van der Waals surface area (Å²) in [6.45, 7) is 8.00. The van der Waals surface area contributed by atoms with Gasteiger partial charge in [-0.25, -0.2) is 0 Å². The van der Waals surface area contributed by atoms with Crippen LogP contribution in [0.5, 0.6) is 23.0 Å². The Labute approximate surface area is 223 Å². The van der Waals surface area contributed by atoms with E-state index in [1.54, 1.807) is 24.3 Å². The lowest BCUT2D eigenvalue weighted by Crippen LogP contribution is -2.13. The van der Waals surface area contributed by atoms with E-state index in [9.17, 15) is 10.2 Å². The van der Waals surface area contributed by atoms with Crippen LogP contribution in [0.2, 0.25) is 0 Å². The largest absolute Gasteiger partial charge is 0.508 e. The second-order valence-corrected chi connectivity index (χ2v) is 8.91. The Kier molecular flexibility index (Phi) is 6.93. The van der Waals surface area contributed by atoms with Crippen LogP contribution in [0.4, 0.5) is 0 Å². The molecule has 0 bridgehead atoms. The third-order valence-electron chi connectivity index (χ3n) is 6.91. The van der Waals surface area contributed by atoms with E-state index in [-0.39, 0.29) is 17.4 Å². The SMILES string of the molecule is CC.CC.Oc1ccc2c3c(ccc2c1)Oc1ccc2cc(O)ccc2c1C3c1ccc2ccccc2c1. The molecule has 0 saturated carbocycles. The van der Waals surface area contributed by atoms with Gasteiger partial charge in [0.25, 0.3) is 0 Å². The molecule has 0 amide bonds. The Balaban J connectivity index is 0.000000704. The van der Waals surface area contributed by atoms with Gasteiger partial charge in [0.15, 0.2) is 0 Å². The number of ether oxygens (including phenoxy) is 1. The van der Waals surface area contributed by atoms with Crippen molar-refractivity contribution in [3.8, 4) is 23.0 Å². The molecule has 190 valence electrons. The Morgan fingerprint density at radius 1 is 0.500 bits per heavy atom. The summed E-state index contributed by atoms with van der Waals surface area (Å²) < 4.78 is 6.47. The highest BCUT2D eigenvalue weighted by Crippen LogP contribution is 2.52. The van der Waals surface area contributed by atoms with Crippen LogP contribution in [-0.4, -0.2) is 10.2 Å². The maximum Gasteiger partial charge on any atom is 0.132 e. The fourth-order valence-corrected chi connectivity index (χ4v) is 5.40. The van der Waals surface area contributed by atoms with Crippen LogP contribution in [0.15, 0.2) is 103 Å². The van der Waals surface area contributed by atoms with E-state index in [2.05, 4.69) is 42.5 Å². The quantitative estimate of drug-likeness (QED) is 0.236. The van der Waals surface area contributed by atoms with Gasteiger partial charge < -0.3 is 14.9 Å². The molecule has 38 heavy (non-hydrogen) atoms. The monoisotopic (exact) mass is 500 g/mol. The Morgan fingerprint density at radius 3 is 1.55 bits per heavy atom. The van der Waals surface area contributed by atoms with Gasteiger partial charge in [0.2, 0.25) is 0 Å². The topological polar surface area (TPSA) is 49.7 Å². The molecule has 3 nitrogen and oxygen atoms in total. The standard InChI is InChI=1S/C31H20O3.2C2H6/c32-23-9-11-25-20(16-23)7-13-27-30(25)29(22-6-5-18-3-1-2-4-19(18)15-22)31-26-12-10-24(33)17-21(26)8-14-28(31)34-27;2*1-2/h1-17,29,32-33H;2*1-2H3. The molecule has 0 radical (unpaired) electrons. The molecule has 0 aliphatic carbocycles. The van der Waals surface area contributed by atoms with E-state index in [4.69, 9.17) is 4.74 Å². The van der Waals surface area contributed by atoms with E-state index in [0.717, 1.165) is 44.2 Å². The zero-order valence-electron chi connectivity index (χ0n) is 22.2. The summed E-state index contributed by atoms with van der Waals surface area (Å²) >= 11 is 0. The van der Waals surface area contributed by atoms with Crippen molar-refractivity contribution < 1.29 is 14.9 Å². The summed E-state index contributed by atoms with van der Waals surface area (Å²) in [5, 5.41) is 26.6. The van der Waals surface area contributed by atoms with Crippen molar-refractivity contribution >= 4 is 32.3 Å². The fourth-order valence-electron chi connectivity index (χ4n) is 5.40. The van der Waals surface area contributed by atoms with E-state index in [1.165, 1.54) is 16.3 Å². The average Bonchev–Trinajstić information content (AvgIpc) is 2.97. The molecular formula is C35H32O3. The molecule has 0 aromatic heterocycles. The van der Waals surface area contributed by atoms with E-state index < -0.39 is 0 Å². The molecule has 1 heterocycles. The first kappa shape index (κ1) is 25.2. The minimum Gasteiger partial charge on any atom is -0.508 e. The highest BCUT2D eigenvalue weighted by atomic mass is 16.5. The summed E-state index contributed by atoms with van der Waals surface area (Å²) in [6, 6.07) is 34.0. The van der Waals surface area contributed by atoms with E-state index in [1.807, 2.05) is 64.1 Å². The van der Waals surface area contributed by atoms with Gasteiger partial charge in [-0.15, -0.1) is 0 Å². The number of fused-ring (bicyclic) bond motifs is 7. The van der Waals surface area contributed by atoms with Gasteiger partial charge in [0, 0.05) is 17.0 Å². The normalized spacial score (nSPS) is 12.0. The molecule has 0 unspecified atom stereocenters. The lowest BCUT2D eigenvalue weighted by Gasteiger charge is -2.31. The summed E-state index contributed by atoms with van der Waals surface area (Å²) in [5.74, 6) is 2.05. The number of phenolic OH excluding ortho intramolecular Hbond substituents is 2. The van der Waals surface area contributed by atoms with Gasteiger partial charge in [-0.1, -0.05) is 94.4 Å². The summed E-state index contributed by atoms with van der Waals surface area (Å²) in [6.07, 6.45) is 0. The van der Waals surface area contributed by atoms with Gasteiger partial charge in [-0.3, -0.25) is 0 Å². The molecule has 1 aliphatic rings. The molecule has 0 saturated heterocycles. The van der Waals surface area contributed by atoms with Crippen molar-refractivity contribution in [2.45, 2.75) is 33.6 Å². The summed E-state index contributed by atoms with van der Waals surface area (Å²) in [5.41, 5.74) is 3.34. The minimum absolute atomic E-state index is 0.0789. The summed E-state index contributed by atoms with van der Waals surface area (Å²) in [4.78, 5) is 0. The van der Waals surface area contributed by atoms with Crippen molar-refractivity contribution in [1.82, 2.24) is 0 Å². The smallest absolute Gasteiger partial charge is 0.132 e. The fraction of sp³-hybridized carbons (Fsp3) is 0.143. The van der Waals surface area contributed by atoms with Crippen molar-refractivity contribution in [1.29, 1.82) is 0 Å². The first-order chi connectivity index (χ1) is 18.7. The van der Waals surface area contributed by atoms with Crippen molar-refractivity contribution in [3.05, 3.63) is 120 Å². The molecule has 6 aromatic rings. The van der Waals surface area contributed by atoms with Crippen LogP contribution in [0.3, 0.4) is 0 Å². The van der Waals surface area contributed by atoms with Crippen LogP contribution in [0.1, 0.15) is 50.3 Å². The van der Waals surface area contributed by atoms with E-state index >= 15 is 0 Å². The van der Waals surface area contributed by atoms with Crippen LogP contribution >= 0.6 is 0 Å². The number of hydrogen-bond donors (Lipinski definition) is 2. The molecule has 3 heteroatoms. The maximum atomic E-state index is 10.1. The lowest BCUT2D eigenvalue weighted by molar-refractivity contribution is 0.455. The first-order valence-electron chi connectivity index (χ1n) is 13.3. The highest BCUT2D eigenvalue weighted by molar-refractivity contribution is 5.96. The molecule has 0 fully saturated rings. The molecule has 0 spiro atoms. The predicted octanol–water partition coefficient (Wildman–Crippen LogP) is 9.90. The zero-order chi connectivity index (χ0) is 26.8. The molecule has 7 rings (SSSR count). The van der Waals surface area contributed by atoms with Crippen molar-refractivity contribution in [3.63, 3.8) is 0 Å². The average molecular weight is 501 g/mol. The number of benzene rings is 6. The Morgan fingerprint density at radius 2 is 1.00 bits per heavy atom. The van der Waals surface area contributed by atoms with Crippen LogP contribution in [0, 0.1) is 0 Å². The Hall–Kier alpha value is -4.50. The minimum atomic E-state index is -0.0789. The first-order valence-corrected chi connectivity index (χ1v) is 13.3. The number of phenols is 2. The summed E-state index contributed by atoms with van der Waals surface area (Å²) in [7, 11) is 0. The molecular weight excluding hydrogens is 468 g/mol. The van der Waals surface area contributed by atoms with Gasteiger partial charge >= 0.3 is 0 Å². The maximum absolute atomic E-state index is 10.1.